The van der Waals surface area contributed by atoms with Crippen molar-refractivity contribution < 1.29 is 57.0 Å². The Balaban J connectivity index is 1.13. The Morgan fingerprint density at radius 1 is 0.561 bits per heavy atom. The van der Waals surface area contributed by atoms with Crippen molar-refractivity contribution in [2.45, 2.75) is 45.5 Å². The Bertz CT molecular complexity index is 3340. The van der Waals surface area contributed by atoms with Crippen LogP contribution in [0.4, 0.5) is 29.2 Å². The van der Waals surface area contributed by atoms with Crippen LogP contribution in [0.3, 0.4) is 0 Å². The Kier molecular flexibility index (Phi) is 13.1. The second kappa shape index (κ2) is 18.3. The predicted molar refractivity (Wildman–Crippen MR) is 239 cm³/mol. The molecule has 0 bridgehead atoms. The maximum Gasteiger partial charge on any atom is 0.295 e. The van der Waals surface area contributed by atoms with E-state index in [1.165, 1.54) is 36.4 Å². The lowest BCUT2D eigenvalue weighted by atomic mass is 10.0. The lowest BCUT2D eigenvalue weighted by molar-refractivity contribution is 0.310. The molecule has 0 amide bonds. The molecule has 0 saturated heterocycles. The number of azo groups is 2. The summed E-state index contributed by atoms with van der Waals surface area (Å²) >= 11 is 0. The molecule has 2 atom stereocenters. The maximum atomic E-state index is 12.2. The van der Waals surface area contributed by atoms with Gasteiger partial charge in [-0.2, -0.15) is 69.1 Å². The molecule has 342 valence electrons. The van der Waals surface area contributed by atoms with Gasteiger partial charge < -0.3 is 10.4 Å². The van der Waals surface area contributed by atoms with Crippen LogP contribution in [0.1, 0.15) is 13.8 Å². The molecule has 7 rings (SSSR count). The van der Waals surface area contributed by atoms with E-state index in [0.717, 1.165) is 24.3 Å². The van der Waals surface area contributed by atoms with Gasteiger partial charge in [0.1, 0.15) is 31.7 Å². The average Bonchev–Trinajstić information content (AvgIpc) is 3.22. The van der Waals surface area contributed by atoms with Gasteiger partial charge in [-0.15, -0.1) is 0 Å². The molecule has 0 fully saturated rings. The standard InChI is InChI=1S/C39H34N10O13S4/c1-21-15-23(9-11-31(21)48-46-25-17-29-27(35(19-25)65(57,58)59)5-3-7-33(29)63(51,52)53)41-38-43-37(40-13-14-50)44-39(45-38)42-24-10-12-32(22(2)16-24)49-47-26-18-30-28(36(20-26)66(60,61)62)6-4-8-34(30)64(54,55)56/h3-12,15-20,31-32,50H,13-14H2,1-2H3,(H,51,52,53)(H,54,55,56)(H,57,58,59)(H,60,61,62)(H,40,43,44,45)/b41-23+,42-24+,48-46+,49-47+. The van der Waals surface area contributed by atoms with Gasteiger partial charge in [-0.1, -0.05) is 36.4 Å². The molecule has 23 nitrogen and oxygen atoms in total. The van der Waals surface area contributed by atoms with E-state index in [1.807, 2.05) is 0 Å². The summed E-state index contributed by atoms with van der Waals surface area (Å²) in [5.41, 5.74) is 1.65. The van der Waals surface area contributed by atoms with Crippen molar-refractivity contribution in [3.63, 3.8) is 0 Å². The summed E-state index contributed by atoms with van der Waals surface area (Å²) in [5, 5.41) is 28.2. The third-order valence-corrected chi connectivity index (χ3v) is 13.2. The molecular formula is C39H34N10O13S4. The van der Waals surface area contributed by atoms with Crippen molar-refractivity contribution in [2.24, 2.45) is 30.4 Å². The predicted octanol–water partition coefficient (Wildman–Crippen LogP) is 6.05. The van der Waals surface area contributed by atoms with Gasteiger partial charge in [0.25, 0.3) is 52.4 Å². The summed E-state index contributed by atoms with van der Waals surface area (Å²) in [6.45, 7) is 3.23. The summed E-state index contributed by atoms with van der Waals surface area (Å²) in [4.78, 5) is 19.5. The first-order chi connectivity index (χ1) is 31.0. The van der Waals surface area contributed by atoms with Gasteiger partial charge >= 0.3 is 0 Å². The summed E-state index contributed by atoms with van der Waals surface area (Å²) in [6, 6.07) is 10.1. The molecule has 2 aliphatic carbocycles. The van der Waals surface area contributed by atoms with Crippen LogP contribution in [0, 0.1) is 0 Å². The minimum absolute atomic E-state index is 0.0330. The van der Waals surface area contributed by atoms with Crippen molar-refractivity contribution in [1.29, 1.82) is 0 Å². The summed E-state index contributed by atoms with van der Waals surface area (Å²) in [7, 11) is -19.3. The van der Waals surface area contributed by atoms with Crippen LogP contribution >= 0.6 is 0 Å². The third kappa shape index (κ3) is 10.9. The van der Waals surface area contributed by atoms with Crippen LogP contribution in [-0.2, 0) is 40.5 Å². The second-order valence-corrected chi connectivity index (χ2v) is 19.8. The minimum atomic E-state index is -4.87. The Hall–Kier alpha value is -6.69. The molecule has 27 heteroatoms. The van der Waals surface area contributed by atoms with Gasteiger partial charge in [-0.25, -0.2) is 9.98 Å². The molecule has 0 saturated carbocycles. The van der Waals surface area contributed by atoms with E-state index >= 15 is 0 Å². The molecular weight excluding hydrogens is 945 g/mol. The minimum Gasteiger partial charge on any atom is -0.395 e. The number of fused-ring (bicyclic) bond motifs is 2. The largest absolute Gasteiger partial charge is 0.395 e. The Morgan fingerprint density at radius 3 is 1.33 bits per heavy atom. The summed E-state index contributed by atoms with van der Waals surface area (Å²) in [6.07, 6.45) is 9.65. The number of benzene rings is 4. The van der Waals surface area contributed by atoms with Crippen LogP contribution in [0.5, 0.6) is 0 Å². The van der Waals surface area contributed by atoms with Crippen molar-refractivity contribution in [1.82, 2.24) is 15.0 Å². The van der Waals surface area contributed by atoms with E-state index in [2.05, 4.69) is 50.7 Å². The van der Waals surface area contributed by atoms with Crippen LogP contribution < -0.4 is 5.32 Å². The third-order valence-electron chi connectivity index (χ3n) is 9.56. The monoisotopic (exact) mass is 978 g/mol. The van der Waals surface area contributed by atoms with Crippen LogP contribution in [0.15, 0.2) is 158 Å². The van der Waals surface area contributed by atoms with E-state index in [-0.39, 0.29) is 63.9 Å². The number of hydrogen-bond donors (Lipinski definition) is 6. The number of aliphatic hydroxyl groups is 1. The van der Waals surface area contributed by atoms with E-state index in [0.29, 0.717) is 22.6 Å². The number of anilines is 1. The molecule has 0 aliphatic heterocycles. The van der Waals surface area contributed by atoms with Gasteiger partial charge in [-0.3, -0.25) is 18.2 Å². The highest BCUT2D eigenvalue weighted by atomic mass is 32.2. The zero-order chi connectivity index (χ0) is 47.8. The molecule has 2 unspecified atom stereocenters. The Morgan fingerprint density at radius 2 is 0.970 bits per heavy atom. The van der Waals surface area contributed by atoms with Crippen LogP contribution in [-0.4, -0.2) is 109 Å². The topological polar surface area (TPSA) is 363 Å². The molecule has 2 aliphatic rings. The van der Waals surface area contributed by atoms with E-state index in [9.17, 15) is 57.0 Å². The van der Waals surface area contributed by atoms with Gasteiger partial charge in [0, 0.05) is 28.1 Å². The van der Waals surface area contributed by atoms with E-state index < -0.39 is 72.1 Å². The first-order valence-electron chi connectivity index (χ1n) is 18.8. The highest BCUT2D eigenvalue weighted by molar-refractivity contribution is 7.87. The smallest absolute Gasteiger partial charge is 0.295 e. The fourth-order valence-electron chi connectivity index (χ4n) is 6.62. The van der Waals surface area contributed by atoms with Crippen molar-refractivity contribution in [3.8, 4) is 0 Å². The number of aliphatic imine (C=N–C) groups is 2. The molecule has 0 spiro atoms. The molecule has 4 aromatic carbocycles. The fraction of sp³-hybridized carbons (Fsp3) is 0.154. The zero-order valence-electron chi connectivity index (χ0n) is 34.0. The molecule has 1 aromatic heterocycles. The van der Waals surface area contributed by atoms with Crippen molar-refractivity contribution in [3.05, 3.63) is 108 Å². The highest BCUT2D eigenvalue weighted by Crippen LogP contribution is 2.35. The quantitative estimate of drug-likeness (QED) is 0.0577. The van der Waals surface area contributed by atoms with Crippen molar-refractivity contribution >= 4 is 103 Å². The average molecular weight is 979 g/mol. The lowest BCUT2D eigenvalue weighted by Crippen LogP contribution is -2.11. The van der Waals surface area contributed by atoms with E-state index in [1.54, 1.807) is 50.3 Å². The molecule has 0 radical (unpaired) electrons. The van der Waals surface area contributed by atoms with Gasteiger partial charge in [0.15, 0.2) is 0 Å². The molecule has 66 heavy (non-hydrogen) atoms. The van der Waals surface area contributed by atoms with Crippen LogP contribution in [0.25, 0.3) is 21.5 Å². The van der Waals surface area contributed by atoms with Gasteiger partial charge in [-0.05, 0) is 85.7 Å². The first kappa shape index (κ1) is 47.3. The SMILES string of the molecule is CC1=C/C(=N/c2nc(/N=C3\C=CC(/N=N/c4cc(S(=O)(=O)O)c5cccc(S(=O)(=O)O)c5c4)C(C)=C3)nc(NCCO)n2)C=CC1/N=N/c1cc(S(=O)(=O)O)c2cccc(S(=O)(=O)O)c2c1. The number of rotatable bonds is 13. The van der Waals surface area contributed by atoms with E-state index in [4.69, 9.17) is 0 Å². The summed E-state index contributed by atoms with van der Waals surface area (Å²) < 4.78 is 136. The number of aliphatic hydroxyl groups excluding tert-OH is 1. The number of nitrogens with zero attached hydrogens (tertiary/aromatic N) is 9. The van der Waals surface area contributed by atoms with Crippen molar-refractivity contribution in [2.75, 3.05) is 18.5 Å². The first-order valence-corrected chi connectivity index (χ1v) is 24.6. The number of hydrogen-bond acceptors (Lipinski definition) is 19. The molecule has 5 aromatic rings. The number of allylic oxidation sites excluding steroid dienone is 4. The Labute approximate surface area is 375 Å². The highest BCUT2D eigenvalue weighted by Gasteiger charge is 2.24. The number of aromatic nitrogens is 3. The van der Waals surface area contributed by atoms with Gasteiger partial charge in [0.05, 0.1) is 29.4 Å². The van der Waals surface area contributed by atoms with Crippen LogP contribution in [0.2, 0.25) is 0 Å². The van der Waals surface area contributed by atoms with Gasteiger partial charge in [0.2, 0.25) is 5.95 Å². The lowest BCUT2D eigenvalue weighted by Gasteiger charge is -2.13. The maximum absolute atomic E-state index is 12.2. The normalized spacial score (nSPS) is 18.5. The second-order valence-electron chi connectivity index (χ2n) is 14.3. The number of nitrogens with one attached hydrogen (secondary N) is 1. The zero-order valence-corrected chi connectivity index (χ0v) is 37.2. The molecule has 1 heterocycles. The summed E-state index contributed by atoms with van der Waals surface area (Å²) in [5.74, 6) is -0.132. The molecule has 6 N–H and O–H groups in total. The fourth-order valence-corrected chi connectivity index (χ4v) is 9.46.